The van der Waals surface area contributed by atoms with Crippen LogP contribution in [0, 0.1) is 13.8 Å². The predicted octanol–water partition coefficient (Wildman–Crippen LogP) is 3.17. The third-order valence-electron chi connectivity index (χ3n) is 4.82. The summed E-state index contributed by atoms with van der Waals surface area (Å²) in [6.07, 6.45) is 2.16. The molecule has 1 saturated heterocycles. The van der Waals surface area contributed by atoms with Gasteiger partial charge in [-0.1, -0.05) is 12.1 Å². The normalized spacial score (nSPS) is 14.2. The first-order valence-corrected chi connectivity index (χ1v) is 10.1. The Bertz CT molecular complexity index is 835. The summed E-state index contributed by atoms with van der Waals surface area (Å²) in [5, 5.41) is 9.44. The van der Waals surface area contributed by atoms with E-state index in [4.69, 9.17) is 4.42 Å². The molecule has 0 atom stereocenters. The van der Waals surface area contributed by atoms with E-state index in [1.165, 1.54) is 0 Å². The number of amides is 2. The molecule has 1 aromatic heterocycles. The molecule has 2 heterocycles. The number of urea groups is 1. The molecule has 0 bridgehead atoms. The van der Waals surface area contributed by atoms with Crippen molar-refractivity contribution in [3.8, 4) is 0 Å². The summed E-state index contributed by atoms with van der Waals surface area (Å²) in [4.78, 5) is 23.1. The summed E-state index contributed by atoms with van der Waals surface area (Å²) in [6.45, 7) is 9.22. The molecular weight excluding hydrogens is 368 g/mol. The Labute approximate surface area is 171 Å². The van der Waals surface area contributed by atoms with Crippen molar-refractivity contribution >= 4 is 17.7 Å². The van der Waals surface area contributed by atoms with Gasteiger partial charge in [-0.3, -0.25) is 0 Å². The molecule has 1 aliphatic rings. The first kappa shape index (κ1) is 20.7. The largest absolute Gasteiger partial charge is 0.444 e. The Kier molecular flexibility index (Phi) is 7.10. The summed E-state index contributed by atoms with van der Waals surface area (Å²) in [5.74, 6) is 2.15. The number of benzene rings is 1. The van der Waals surface area contributed by atoms with Crippen LogP contribution < -0.4 is 16.0 Å². The molecule has 3 N–H and O–H groups in total. The van der Waals surface area contributed by atoms with E-state index in [-0.39, 0.29) is 6.03 Å². The molecule has 1 aliphatic heterocycles. The number of aliphatic imine (C=N–C) groups is 1. The molecule has 156 valence electrons. The standard InChI is InChI=1S/C21H30N6O2/c1-4-22-20(24-14-19-25-15(2)16(3)29-19)23-13-17-8-7-9-18(12-17)26-21(28)27-10-5-6-11-27/h7-9,12H,4-6,10-11,13-14H2,1-3H3,(H,26,28)(H2,22,23,24). The first-order chi connectivity index (χ1) is 14.0. The van der Waals surface area contributed by atoms with Crippen molar-refractivity contribution in [1.29, 1.82) is 0 Å². The Morgan fingerprint density at radius 2 is 2.03 bits per heavy atom. The number of nitrogens with zero attached hydrogens (tertiary/aromatic N) is 3. The highest BCUT2D eigenvalue weighted by molar-refractivity contribution is 5.89. The van der Waals surface area contributed by atoms with Crippen LogP contribution in [0.3, 0.4) is 0 Å². The molecule has 2 aromatic rings. The number of rotatable bonds is 6. The van der Waals surface area contributed by atoms with E-state index in [1.807, 2.05) is 49.9 Å². The van der Waals surface area contributed by atoms with Crippen LogP contribution in [0.2, 0.25) is 0 Å². The summed E-state index contributed by atoms with van der Waals surface area (Å²) in [6, 6.07) is 7.76. The zero-order valence-electron chi connectivity index (χ0n) is 17.4. The van der Waals surface area contributed by atoms with Gasteiger partial charge in [-0.15, -0.1) is 0 Å². The Hall–Kier alpha value is -3.03. The number of carbonyl (C=O) groups is 1. The molecule has 1 fully saturated rings. The van der Waals surface area contributed by atoms with Crippen LogP contribution in [0.4, 0.5) is 10.5 Å². The van der Waals surface area contributed by atoms with Crippen molar-refractivity contribution in [2.24, 2.45) is 4.99 Å². The minimum Gasteiger partial charge on any atom is -0.444 e. The van der Waals surface area contributed by atoms with E-state index >= 15 is 0 Å². The van der Waals surface area contributed by atoms with Crippen LogP contribution in [0.5, 0.6) is 0 Å². The molecule has 0 unspecified atom stereocenters. The van der Waals surface area contributed by atoms with E-state index in [9.17, 15) is 4.79 Å². The van der Waals surface area contributed by atoms with Crippen LogP contribution in [0.25, 0.3) is 0 Å². The monoisotopic (exact) mass is 398 g/mol. The van der Waals surface area contributed by atoms with Gasteiger partial charge in [0.2, 0.25) is 5.89 Å². The fourth-order valence-corrected chi connectivity index (χ4v) is 3.16. The Morgan fingerprint density at radius 1 is 1.24 bits per heavy atom. The molecule has 2 amide bonds. The number of guanidine groups is 1. The van der Waals surface area contributed by atoms with Gasteiger partial charge >= 0.3 is 6.03 Å². The van der Waals surface area contributed by atoms with Crippen molar-refractivity contribution in [2.75, 3.05) is 25.0 Å². The van der Waals surface area contributed by atoms with Crippen LogP contribution in [-0.2, 0) is 13.1 Å². The number of carbonyl (C=O) groups excluding carboxylic acids is 1. The second kappa shape index (κ2) is 9.95. The fraction of sp³-hybridized carbons (Fsp3) is 0.476. The lowest BCUT2D eigenvalue weighted by Gasteiger charge is -2.16. The maximum Gasteiger partial charge on any atom is 0.321 e. The fourth-order valence-electron chi connectivity index (χ4n) is 3.16. The molecule has 0 saturated carbocycles. The summed E-state index contributed by atoms with van der Waals surface area (Å²) < 4.78 is 5.60. The predicted molar refractivity (Wildman–Crippen MR) is 114 cm³/mol. The van der Waals surface area contributed by atoms with Crippen LogP contribution in [-0.4, -0.2) is 41.5 Å². The van der Waals surface area contributed by atoms with E-state index in [1.54, 1.807) is 0 Å². The number of anilines is 1. The van der Waals surface area contributed by atoms with E-state index < -0.39 is 0 Å². The van der Waals surface area contributed by atoms with E-state index in [0.717, 1.165) is 55.2 Å². The smallest absolute Gasteiger partial charge is 0.321 e. The molecule has 0 radical (unpaired) electrons. The van der Waals surface area contributed by atoms with Crippen molar-refractivity contribution < 1.29 is 9.21 Å². The average molecular weight is 399 g/mol. The molecular formula is C21H30N6O2. The maximum atomic E-state index is 12.3. The van der Waals surface area contributed by atoms with Crippen molar-refractivity contribution in [2.45, 2.75) is 46.7 Å². The second-order valence-corrected chi connectivity index (χ2v) is 7.12. The van der Waals surface area contributed by atoms with Gasteiger partial charge in [-0.05, 0) is 51.3 Å². The third-order valence-corrected chi connectivity index (χ3v) is 4.82. The topological polar surface area (TPSA) is 94.8 Å². The minimum atomic E-state index is -0.0327. The highest BCUT2D eigenvalue weighted by Gasteiger charge is 2.17. The van der Waals surface area contributed by atoms with Gasteiger partial charge in [-0.25, -0.2) is 14.8 Å². The number of likely N-dealkylation sites (tertiary alicyclic amines) is 1. The van der Waals surface area contributed by atoms with Crippen LogP contribution in [0.15, 0.2) is 33.7 Å². The Balaban J connectivity index is 1.58. The Morgan fingerprint density at radius 3 is 2.72 bits per heavy atom. The van der Waals surface area contributed by atoms with Crippen molar-refractivity contribution in [3.05, 3.63) is 47.2 Å². The lowest BCUT2D eigenvalue weighted by Crippen LogP contribution is -2.36. The molecule has 29 heavy (non-hydrogen) atoms. The van der Waals surface area contributed by atoms with Gasteiger partial charge < -0.3 is 25.3 Å². The lowest BCUT2D eigenvalue weighted by atomic mass is 10.2. The number of hydrogen-bond acceptors (Lipinski definition) is 4. The zero-order valence-corrected chi connectivity index (χ0v) is 17.4. The molecule has 3 rings (SSSR count). The number of aryl methyl sites for hydroxylation is 2. The van der Waals surface area contributed by atoms with Crippen LogP contribution >= 0.6 is 0 Å². The van der Waals surface area contributed by atoms with E-state index in [0.29, 0.717) is 24.9 Å². The average Bonchev–Trinajstić information content (AvgIpc) is 3.35. The van der Waals surface area contributed by atoms with Crippen LogP contribution in [0.1, 0.15) is 42.7 Å². The lowest BCUT2D eigenvalue weighted by molar-refractivity contribution is 0.222. The number of aromatic nitrogens is 1. The molecule has 8 nitrogen and oxygen atoms in total. The summed E-state index contributed by atoms with van der Waals surface area (Å²) >= 11 is 0. The van der Waals surface area contributed by atoms with Gasteiger partial charge in [0, 0.05) is 25.3 Å². The van der Waals surface area contributed by atoms with E-state index in [2.05, 4.69) is 25.9 Å². The zero-order chi connectivity index (χ0) is 20.6. The number of nitrogens with one attached hydrogen (secondary N) is 3. The van der Waals surface area contributed by atoms with Gasteiger partial charge in [0.1, 0.15) is 5.76 Å². The highest BCUT2D eigenvalue weighted by atomic mass is 16.4. The molecule has 1 aromatic carbocycles. The first-order valence-electron chi connectivity index (χ1n) is 10.1. The van der Waals surface area contributed by atoms with Gasteiger partial charge in [-0.2, -0.15) is 0 Å². The summed E-state index contributed by atoms with van der Waals surface area (Å²) in [5.41, 5.74) is 2.71. The molecule has 8 heteroatoms. The van der Waals surface area contributed by atoms with Gasteiger partial charge in [0.05, 0.1) is 18.8 Å². The van der Waals surface area contributed by atoms with Gasteiger partial charge in [0.25, 0.3) is 0 Å². The highest BCUT2D eigenvalue weighted by Crippen LogP contribution is 2.15. The summed E-state index contributed by atoms with van der Waals surface area (Å²) in [7, 11) is 0. The number of oxazole rings is 1. The maximum absolute atomic E-state index is 12.3. The van der Waals surface area contributed by atoms with Gasteiger partial charge in [0.15, 0.2) is 5.96 Å². The number of hydrogen-bond donors (Lipinski definition) is 3. The van der Waals surface area contributed by atoms with Crippen molar-refractivity contribution in [1.82, 2.24) is 20.5 Å². The SMILES string of the molecule is CCNC(=NCc1cccc(NC(=O)N2CCCC2)c1)NCc1nc(C)c(C)o1. The second-order valence-electron chi connectivity index (χ2n) is 7.12. The van der Waals surface area contributed by atoms with Crippen molar-refractivity contribution in [3.63, 3.8) is 0 Å². The molecule has 0 aliphatic carbocycles. The quantitative estimate of drug-likeness (QED) is 0.513. The minimum absolute atomic E-state index is 0.0327. The third kappa shape index (κ3) is 5.97. The molecule has 0 spiro atoms.